The molecular weight excluding hydrogens is 292 g/mol. The molecule has 2 heterocycles. The highest BCUT2D eigenvalue weighted by Gasteiger charge is 2.26. The molecule has 0 amide bonds. The molecule has 21 heavy (non-hydrogen) atoms. The molecule has 1 saturated heterocycles. The Morgan fingerprint density at radius 2 is 2.33 bits per heavy atom. The summed E-state index contributed by atoms with van der Waals surface area (Å²) in [5.74, 6) is 5.28. The molecule has 1 aliphatic heterocycles. The molecule has 2 N–H and O–H groups in total. The van der Waals surface area contributed by atoms with E-state index in [9.17, 15) is 8.42 Å². The van der Waals surface area contributed by atoms with E-state index in [-0.39, 0.29) is 23.5 Å². The van der Waals surface area contributed by atoms with Gasteiger partial charge in [-0.05, 0) is 19.4 Å². The van der Waals surface area contributed by atoms with Crippen LogP contribution >= 0.6 is 0 Å². The van der Waals surface area contributed by atoms with Gasteiger partial charge in [-0.3, -0.25) is 4.98 Å². The molecule has 7 heteroatoms. The number of aliphatic hydroxyl groups is 1. The van der Waals surface area contributed by atoms with E-state index in [2.05, 4.69) is 21.5 Å². The van der Waals surface area contributed by atoms with Crippen molar-refractivity contribution in [2.24, 2.45) is 5.92 Å². The van der Waals surface area contributed by atoms with Crippen molar-refractivity contribution in [3.05, 3.63) is 24.0 Å². The zero-order chi connectivity index (χ0) is 15.3. The van der Waals surface area contributed by atoms with Gasteiger partial charge in [0.15, 0.2) is 0 Å². The van der Waals surface area contributed by atoms with Crippen LogP contribution in [0.1, 0.15) is 18.9 Å². The van der Waals surface area contributed by atoms with E-state index in [0.29, 0.717) is 18.7 Å². The zero-order valence-electron chi connectivity index (χ0n) is 11.7. The van der Waals surface area contributed by atoms with Gasteiger partial charge in [0, 0.05) is 37.0 Å². The van der Waals surface area contributed by atoms with Gasteiger partial charge >= 0.3 is 0 Å². The molecule has 2 atom stereocenters. The van der Waals surface area contributed by atoms with Crippen LogP contribution in [0.3, 0.4) is 0 Å². The maximum absolute atomic E-state index is 12.2. The minimum atomic E-state index is -3.62. The van der Waals surface area contributed by atoms with Crippen molar-refractivity contribution in [2.75, 3.05) is 19.8 Å². The SMILES string of the molecule is CC1OCCC1CNS(=O)(=O)c1cncc(C#CCO)c1. The summed E-state index contributed by atoms with van der Waals surface area (Å²) < 4.78 is 32.5. The number of hydrogen-bond acceptors (Lipinski definition) is 5. The predicted molar refractivity (Wildman–Crippen MR) is 76.9 cm³/mol. The summed E-state index contributed by atoms with van der Waals surface area (Å²) in [6, 6.07) is 1.44. The fourth-order valence-electron chi connectivity index (χ4n) is 2.12. The summed E-state index contributed by atoms with van der Waals surface area (Å²) in [6.07, 6.45) is 3.65. The van der Waals surface area contributed by atoms with Gasteiger partial charge < -0.3 is 9.84 Å². The summed E-state index contributed by atoms with van der Waals surface area (Å²) >= 11 is 0. The fraction of sp³-hybridized carbons (Fsp3) is 0.500. The zero-order valence-corrected chi connectivity index (χ0v) is 12.6. The van der Waals surface area contributed by atoms with Gasteiger partial charge in [-0.15, -0.1) is 0 Å². The maximum atomic E-state index is 12.2. The van der Waals surface area contributed by atoms with Crippen LogP contribution in [0, 0.1) is 17.8 Å². The van der Waals surface area contributed by atoms with Crippen LogP contribution in [0.15, 0.2) is 23.4 Å². The third kappa shape index (κ3) is 4.25. The van der Waals surface area contributed by atoms with Gasteiger partial charge in [-0.25, -0.2) is 13.1 Å². The Labute approximate surface area is 124 Å². The standard InChI is InChI=1S/C14H18N2O4S/c1-11-13(4-6-20-11)9-16-21(18,19)14-7-12(3-2-5-17)8-15-10-14/h7-8,10-11,13,16-17H,4-6,9H2,1H3. The Bertz CT molecular complexity index is 648. The quantitative estimate of drug-likeness (QED) is 0.772. The summed E-state index contributed by atoms with van der Waals surface area (Å²) in [4.78, 5) is 3.94. The van der Waals surface area contributed by atoms with Crippen LogP contribution in [-0.2, 0) is 14.8 Å². The van der Waals surface area contributed by atoms with Gasteiger partial charge in [0.05, 0.1) is 6.10 Å². The van der Waals surface area contributed by atoms with E-state index < -0.39 is 10.0 Å². The Morgan fingerprint density at radius 1 is 1.52 bits per heavy atom. The van der Waals surface area contributed by atoms with Crippen molar-refractivity contribution < 1.29 is 18.3 Å². The van der Waals surface area contributed by atoms with Crippen molar-refractivity contribution in [3.63, 3.8) is 0 Å². The first-order valence-corrected chi connectivity index (χ1v) is 8.17. The Kier molecular flexibility index (Phi) is 5.31. The molecule has 0 saturated carbocycles. The van der Waals surface area contributed by atoms with E-state index in [1.165, 1.54) is 18.5 Å². The normalized spacial score (nSPS) is 21.8. The highest BCUT2D eigenvalue weighted by Crippen LogP contribution is 2.20. The van der Waals surface area contributed by atoms with Crippen LogP contribution in [0.25, 0.3) is 0 Å². The second-order valence-corrected chi connectivity index (χ2v) is 6.61. The Balaban J connectivity index is 2.08. The summed E-state index contributed by atoms with van der Waals surface area (Å²) in [5, 5.41) is 8.65. The first-order valence-electron chi connectivity index (χ1n) is 6.69. The van der Waals surface area contributed by atoms with E-state index in [1.54, 1.807) is 0 Å². The molecule has 1 fully saturated rings. The van der Waals surface area contributed by atoms with Gasteiger partial charge in [0.25, 0.3) is 0 Å². The van der Waals surface area contributed by atoms with Crippen LogP contribution < -0.4 is 4.72 Å². The van der Waals surface area contributed by atoms with Crippen LogP contribution in [0.5, 0.6) is 0 Å². The summed E-state index contributed by atoms with van der Waals surface area (Å²) in [6.45, 7) is 2.67. The highest BCUT2D eigenvalue weighted by atomic mass is 32.2. The number of nitrogens with one attached hydrogen (secondary N) is 1. The van der Waals surface area contributed by atoms with Crippen molar-refractivity contribution in [3.8, 4) is 11.8 Å². The van der Waals surface area contributed by atoms with E-state index in [1.807, 2.05) is 6.92 Å². The first kappa shape index (κ1) is 15.9. The molecule has 0 bridgehead atoms. The van der Waals surface area contributed by atoms with Crippen molar-refractivity contribution in [1.29, 1.82) is 0 Å². The number of ether oxygens (including phenoxy) is 1. The molecule has 1 aliphatic rings. The Hall–Kier alpha value is -1.46. The third-order valence-electron chi connectivity index (χ3n) is 3.40. The number of aliphatic hydroxyl groups excluding tert-OH is 1. The largest absolute Gasteiger partial charge is 0.384 e. The lowest BCUT2D eigenvalue weighted by atomic mass is 10.0. The molecule has 2 rings (SSSR count). The highest BCUT2D eigenvalue weighted by molar-refractivity contribution is 7.89. The molecule has 6 nitrogen and oxygen atoms in total. The average Bonchev–Trinajstić information content (AvgIpc) is 2.89. The number of pyridine rings is 1. The third-order valence-corrected chi connectivity index (χ3v) is 4.79. The molecule has 114 valence electrons. The van der Waals surface area contributed by atoms with Gasteiger partial charge in [-0.1, -0.05) is 11.8 Å². The number of hydrogen-bond donors (Lipinski definition) is 2. The number of sulfonamides is 1. The molecule has 0 spiro atoms. The second kappa shape index (κ2) is 7.00. The molecule has 0 aliphatic carbocycles. The van der Waals surface area contributed by atoms with Gasteiger partial charge in [0.2, 0.25) is 10.0 Å². The number of rotatable bonds is 4. The lowest BCUT2D eigenvalue weighted by Crippen LogP contribution is -2.32. The fourth-order valence-corrected chi connectivity index (χ4v) is 3.20. The molecule has 0 radical (unpaired) electrons. The summed E-state index contributed by atoms with van der Waals surface area (Å²) in [7, 11) is -3.62. The van der Waals surface area contributed by atoms with Crippen molar-refractivity contribution >= 4 is 10.0 Å². The summed E-state index contributed by atoms with van der Waals surface area (Å²) in [5.41, 5.74) is 0.449. The van der Waals surface area contributed by atoms with E-state index >= 15 is 0 Å². The van der Waals surface area contributed by atoms with Gasteiger partial charge in [0.1, 0.15) is 11.5 Å². The second-order valence-electron chi connectivity index (χ2n) is 4.85. The van der Waals surface area contributed by atoms with E-state index in [0.717, 1.165) is 6.42 Å². The van der Waals surface area contributed by atoms with Crippen LogP contribution in [0.2, 0.25) is 0 Å². The molecular formula is C14H18N2O4S. The monoisotopic (exact) mass is 310 g/mol. The number of nitrogens with zero attached hydrogens (tertiary/aromatic N) is 1. The predicted octanol–water partition coefficient (Wildman–Crippen LogP) is 0.129. The smallest absolute Gasteiger partial charge is 0.242 e. The van der Waals surface area contributed by atoms with Crippen LogP contribution in [-0.4, -0.2) is 44.4 Å². The molecule has 1 aromatic rings. The van der Waals surface area contributed by atoms with Crippen molar-refractivity contribution in [2.45, 2.75) is 24.3 Å². The minimum absolute atomic E-state index is 0.0626. The first-order chi connectivity index (χ1) is 10.0. The topological polar surface area (TPSA) is 88.5 Å². The molecule has 2 unspecified atom stereocenters. The van der Waals surface area contributed by atoms with E-state index in [4.69, 9.17) is 9.84 Å². The average molecular weight is 310 g/mol. The lowest BCUT2D eigenvalue weighted by molar-refractivity contribution is 0.107. The molecule has 0 aromatic carbocycles. The van der Waals surface area contributed by atoms with Crippen LogP contribution in [0.4, 0.5) is 0 Å². The Morgan fingerprint density at radius 3 is 3.00 bits per heavy atom. The number of aromatic nitrogens is 1. The molecule has 1 aromatic heterocycles. The minimum Gasteiger partial charge on any atom is -0.384 e. The van der Waals surface area contributed by atoms with Crippen molar-refractivity contribution in [1.82, 2.24) is 9.71 Å². The van der Waals surface area contributed by atoms with Gasteiger partial charge in [-0.2, -0.15) is 0 Å². The maximum Gasteiger partial charge on any atom is 0.242 e. The lowest BCUT2D eigenvalue weighted by Gasteiger charge is -2.14.